The summed E-state index contributed by atoms with van der Waals surface area (Å²) in [6, 6.07) is 0. The highest BCUT2D eigenvalue weighted by Crippen LogP contribution is 2.18. The Morgan fingerprint density at radius 2 is 2.16 bits per heavy atom. The van der Waals surface area contributed by atoms with Crippen LogP contribution in [0.15, 0.2) is 0 Å². The maximum absolute atomic E-state index is 11.8. The van der Waals surface area contributed by atoms with Gasteiger partial charge in [0.05, 0.1) is 31.6 Å². The highest BCUT2D eigenvalue weighted by Gasteiger charge is 2.24. The molecule has 0 aliphatic carbocycles. The van der Waals surface area contributed by atoms with Gasteiger partial charge in [-0.15, -0.1) is 5.10 Å². The SMILES string of the molecule is CCOC(=O)c1nnn(CC(O)COC)c1C(C)C. The second kappa shape index (κ2) is 7.20. The molecular weight excluding hydrogens is 250 g/mol. The smallest absolute Gasteiger partial charge is 0.360 e. The highest BCUT2D eigenvalue weighted by atomic mass is 16.5. The number of aliphatic hydroxyl groups excluding tert-OH is 1. The van der Waals surface area contributed by atoms with Crippen molar-refractivity contribution in [1.82, 2.24) is 15.0 Å². The van der Waals surface area contributed by atoms with Gasteiger partial charge in [0.2, 0.25) is 0 Å². The number of rotatable bonds is 7. The highest BCUT2D eigenvalue weighted by molar-refractivity contribution is 5.88. The summed E-state index contributed by atoms with van der Waals surface area (Å²) >= 11 is 0. The zero-order chi connectivity index (χ0) is 14.4. The molecule has 7 heteroatoms. The molecular formula is C12H21N3O4. The minimum absolute atomic E-state index is 0.0455. The molecule has 7 nitrogen and oxygen atoms in total. The van der Waals surface area contributed by atoms with Crippen LogP contribution >= 0.6 is 0 Å². The van der Waals surface area contributed by atoms with Crippen molar-refractivity contribution in [3.63, 3.8) is 0 Å². The first-order valence-corrected chi connectivity index (χ1v) is 6.28. The third kappa shape index (κ3) is 4.00. The van der Waals surface area contributed by atoms with Crippen LogP contribution in [0.2, 0.25) is 0 Å². The van der Waals surface area contributed by atoms with E-state index < -0.39 is 12.1 Å². The summed E-state index contributed by atoms with van der Waals surface area (Å²) in [5.74, 6) is -0.442. The lowest BCUT2D eigenvalue weighted by molar-refractivity contribution is 0.0495. The molecule has 0 aliphatic rings. The van der Waals surface area contributed by atoms with Gasteiger partial charge in [-0.1, -0.05) is 19.1 Å². The summed E-state index contributed by atoms with van der Waals surface area (Å²) in [4.78, 5) is 11.8. The molecule has 0 aromatic carbocycles. The van der Waals surface area contributed by atoms with Crippen molar-refractivity contribution in [2.45, 2.75) is 39.3 Å². The molecule has 0 aliphatic heterocycles. The van der Waals surface area contributed by atoms with E-state index in [0.717, 1.165) is 0 Å². The van der Waals surface area contributed by atoms with Gasteiger partial charge in [0.25, 0.3) is 0 Å². The number of aromatic nitrogens is 3. The van der Waals surface area contributed by atoms with E-state index in [1.54, 1.807) is 6.92 Å². The number of carbonyl (C=O) groups excluding carboxylic acids is 1. The normalized spacial score (nSPS) is 12.7. The van der Waals surface area contributed by atoms with Gasteiger partial charge in [0.15, 0.2) is 5.69 Å². The van der Waals surface area contributed by atoms with Gasteiger partial charge in [-0.05, 0) is 12.8 Å². The molecule has 1 rings (SSSR count). The largest absolute Gasteiger partial charge is 0.461 e. The van der Waals surface area contributed by atoms with Crippen LogP contribution in [-0.4, -0.2) is 52.5 Å². The Balaban J connectivity index is 2.96. The Labute approximate surface area is 112 Å². The maximum atomic E-state index is 11.8. The van der Waals surface area contributed by atoms with E-state index in [1.165, 1.54) is 11.8 Å². The molecule has 0 saturated heterocycles. The predicted molar refractivity (Wildman–Crippen MR) is 68.0 cm³/mol. The monoisotopic (exact) mass is 271 g/mol. The molecule has 0 fully saturated rings. The van der Waals surface area contributed by atoms with Crippen LogP contribution in [0.1, 0.15) is 42.9 Å². The third-order valence-electron chi connectivity index (χ3n) is 2.53. The lowest BCUT2D eigenvalue weighted by Gasteiger charge is -2.13. The fraction of sp³-hybridized carbons (Fsp3) is 0.750. The second-order valence-corrected chi connectivity index (χ2v) is 4.49. The van der Waals surface area contributed by atoms with Gasteiger partial charge >= 0.3 is 5.97 Å². The standard InChI is InChI=1S/C12H21N3O4/c1-5-19-12(17)10-11(8(2)3)15(14-13-10)6-9(16)7-18-4/h8-9,16H,5-7H2,1-4H3. The number of carbonyl (C=O) groups is 1. The van der Waals surface area contributed by atoms with Crippen LogP contribution in [0.3, 0.4) is 0 Å². The third-order valence-corrected chi connectivity index (χ3v) is 2.53. The van der Waals surface area contributed by atoms with Crippen molar-refractivity contribution < 1.29 is 19.4 Å². The van der Waals surface area contributed by atoms with Crippen molar-refractivity contribution in [2.75, 3.05) is 20.3 Å². The Morgan fingerprint density at radius 1 is 1.47 bits per heavy atom. The zero-order valence-electron chi connectivity index (χ0n) is 11.8. The van der Waals surface area contributed by atoms with E-state index in [2.05, 4.69) is 10.3 Å². The number of ether oxygens (including phenoxy) is 2. The van der Waals surface area contributed by atoms with Gasteiger partial charge in [-0.3, -0.25) is 0 Å². The van der Waals surface area contributed by atoms with E-state index in [9.17, 15) is 9.90 Å². The van der Waals surface area contributed by atoms with Gasteiger partial charge in [-0.2, -0.15) is 0 Å². The molecule has 1 atom stereocenters. The summed E-state index contributed by atoms with van der Waals surface area (Å²) in [6.07, 6.45) is -0.695. The molecule has 1 heterocycles. The summed E-state index contributed by atoms with van der Waals surface area (Å²) in [6.45, 7) is 6.32. The first-order valence-electron chi connectivity index (χ1n) is 6.28. The molecule has 0 saturated carbocycles. The average molecular weight is 271 g/mol. The molecule has 1 N–H and O–H groups in total. The minimum Gasteiger partial charge on any atom is -0.461 e. The minimum atomic E-state index is -0.695. The molecule has 0 spiro atoms. The molecule has 19 heavy (non-hydrogen) atoms. The van der Waals surface area contributed by atoms with Crippen molar-refractivity contribution >= 4 is 5.97 Å². The van der Waals surface area contributed by atoms with E-state index in [1.807, 2.05) is 13.8 Å². The fourth-order valence-corrected chi connectivity index (χ4v) is 1.82. The number of hydrogen-bond acceptors (Lipinski definition) is 6. The first kappa shape index (κ1) is 15.6. The number of nitrogens with zero attached hydrogens (tertiary/aromatic N) is 3. The van der Waals surface area contributed by atoms with Gasteiger partial charge < -0.3 is 14.6 Å². The Bertz CT molecular complexity index is 417. The summed E-state index contributed by atoms with van der Waals surface area (Å²) in [7, 11) is 1.51. The molecule has 0 radical (unpaired) electrons. The fourth-order valence-electron chi connectivity index (χ4n) is 1.82. The molecule has 1 unspecified atom stereocenters. The van der Waals surface area contributed by atoms with Crippen molar-refractivity contribution in [3.05, 3.63) is 11.4 Å². The summed E-state index contributed by atoms with van der Waals surface area (Å²) in [5.41, 5.74) is 0.870. The number of aliphatic hydroxyl groups is 1. The Kier molecular flexibility index (Phi) is 5.91. The maximum Gasteiger partial charge on any atom is 0.360 e. The van der Waals surface area contributed by atoms with E-state index in [-0.39, 0.29) is 31.4 Å². The Morgan fingerprint density at radius 3 is 2.68 bits per heavy atom. The van der Waals surface area contributed by atoms with E-state index in [0.29, 0.717) is 5.69 Å². The van der Waals surface area contributed by atoms with Gasteiger partial charge in [0, 0.05) is 7.11 Å². The molecule has 0 bridgehead atoms. The number of hydrogen-bond donors (Lipinski definition) is 1. The number of methoxy groups -OCH3 is 1. The van der Waals surface area contributed by atoms with Crippen LogP contribution in [0.5, 0.6) is 0 Å². The van der Waals surface area contributed by atoms with Crippen LogP contribution in [0.25, 0.3) is 0 Å². The predicted octanol–water partition coefficient (Wildman–Crippen LogP) is 0.585. The Hall–Kier alpha value is -1.47. The lowest BCUT2D eigenvalue weighted by atomic mass is 10.1. The van der Waals surface area contributed by atoms with Crippen LogP contribution in [0.4, 0.5) is 0 Å². The topological polar surface area (TPSA) is 86.5 Å². The second-order valence-electron chi connectivity index (χ2n) is 4.49. The van der Waals surface area contributed by atoms with Crippen molar-refractivity contribution in [2.24, 2.45) is 0 Å². The molecule has 1 aromatic heterocycles. The number of esters is 1. The average Bonchev–Trinajstić information content (AvgIpc) is 2.73. The first-order chi connectivity index (χ1) is 9.01. The van der Waals surface area contributed by atoms with E-state index >= 15 is 0 Å². The van der Waals surface area contributed by atoms with Crippen LogP contribution < -0.4 is 0 Å². The lowest BCUT2D eigenvalue weighted by Crippen LogP contribution is -2.24. The van der Waals surface area contributed by atoms with Crippen LogP contribution in [-0.2, 0) is 16.0 Å². The summed E-state index contributed by atoms with van der Waals surface area (Å²) < 4.78 is 11.3. The van der Waals surface area contributed by atoms with Gasteiger partial charge in [-0.25, -0.2) is 9.48 Å². The van der Waals surface area contributed by atoms with Crippen molar-refractivity contribution in [3.8, 4) is 0 Å². The zero-order valence-corrected chi connectivity index (χ0v) is 11.8. The van der Waals surface area contributed by atoms with Crippen LogP contribution in [0, 0.1) is 0 Å². The molecule has 0 amide bonds. The molecule has 108 valence electrons. The quantitative estimate of drug-likeness (QED) is 0.730. The molecule has 1 aromatic rings. The van der Waals surface area contributed by atoms with Gasteiger partial charge in [0.1, 0.15) is 0 Å². The van der Waals surface area contributed by atoms with E-state index in [4.69, 9.17) is 9.47 Å². The summed E-state index contributed by atoms with van der Waals surface area (Å²) in [5, 5.41) is 17.5. The van der Waals surface area contributed by atoms with Crippen molar-refractivity contribution in [1.29, 1.82) is 0 Å².